The van der Waals surface area contributed by atoms with Gasteiger partial charge in [0.05, 0.1) is 12.2 Å². The fraction of sp³-hybridized carbons (Fsp3) is 0.235. The van der Waals surface area contributed by atoms with Crippen molar-refractivity contribution < 1.29 is 9.53 Å². The van der Waals surface area contributed by atoms with Crippen molar-refractivity contribution in [2.24, 2.45) is 5.73 Å². The Bertz CT molecular complexity index is 535. The maximum atomic E-state index is 11.8. The lowest BCUT2D eigenvalue weighted by Crippen LogP contribution is -2.08. The molecule has 0 fully saturated rings. The third-order valence-corrected chi connectivity index (χ3v) is 3.06. The van der Waals surface area contributed by atoms with Gasteiger partial charge in [-0.1, -0.05) is 42.5 Å². The standard InChI is InChI=1S/C17H19NO2/c18-12-4-5-13-20-17(19)16-10-8-15(9-11-16)14-6-2-1-3-7-14/h1-3,6-11H,4-5,12-13,18H2. The summed E-state index contributed by atoms with van der Waals surface area (Å²) in [6.45, 7) is 1.06. The Morgan fingerprint density at radius 3 is 2.20 bits per heavy atom. The molecule has 0 saturated carbocycles. The summed E-state index contributed by atoms with van der Waals surface area (Å²) in [6, 6.07) is 17.5. The Kier molecular flexibility index (Phi) is 5.33. The topological polar surface area (TPSA) is 52.3 Å². The first-order valence-corrected chi connectivity index (χ1v) is 6.84. The van der Waals surface area contributed by atoms with Gasteiger partial charge < -0.3 is 10.5 Å². The van der Waals surface area contributed by atoms with Gasteiger partial charge in [-0.25, -0.2) is 4.79 Å². The Hall–Kier alpha value is -2.13. The molecule has 0 atom stereocenters. The maximum absolute atomic E-state index is 11.8. The van der Waals surface area contributed by atoms with E-state index in [2.05, 4.69) is 0 Å². The van der Waals surface area contributed by atoms with Crippen molar-refractivity contribution in [3.8, 4) is 11.1 Å². The SMILES string of the molecule is NCCCCOC(=O)c1ccc(-c2ccccc2)cc1. The minimum Gasteiger partial charge on any atom is -0.462 e. The number of ether oxygens (including phenoxy) is 1. The summed E-state index contributed by atoms with van der Waals surface area (Å²) < 4.78 is 5.18. The molecule has 104 valence electrons. The van der Waals surface area contributed by atoms with Crippen LogP contribution in [0.25, 0.3) is 11.1 Å². The summed E-state index contributed by atoms with van der Waals surface area (Å²) in [5.41, 5.74) is 8.19. The number of nitrogens with two attached hydrogens (primary N) is 1. The van der Waals surface area contributed by atoms with Crippen LogP contribution in [0.3, 0.4) is 0 Å². The lowest BCUT2D eigenvalue weighted by molar-refractivity contribution is 0.0499. The smallest absolute Gasteiger partial charge is 0.338 e. The molecule has 0 aliphatic heterocycles. The number of carbonyl (C=O) groups excluding carboxylic acids is 1. The normalized spacial score (nSPS) is 10.2. The van der Waals surface area contributed by atoms with E-state index in [1.54, 1.807) is 12.1 Å². The van der Waals surface area contributed by atoms with Gasteiger partial charge in [0.15, 0.2) is 0 Å². The van der Waals surface area contributed by atoms with E-state index in [4.69, 9.17) is 10.5 Å². The average Bonchev–Trinajstić information content (AvgIpc) is 2.52. The van der Waals surface area contributed by atoms with Crippen molar-refractivity contribution in [3.63, 3.8) is 0 Å². The number of benzene rings is 2. The predicted octanol–water partition coefficient (Wildman–Crippen LogP) is 3.25. The highest BCUT2D eigenvalue weighted by Crippen LogP contribution is 2.19. The highest BCUT2D eigenvalue weighted by Gasteiger charge is 2.06. The van der Waals surface area contributed by atoms with Crippen molar-refractivity contribution in [1.82, 2.24) is 0 Å². The van der Waals surface area contributed by atoms with Crippen molar-refractivity contribution >= 4 is 5.97 Å². The molecule has 0 bridgehead atoms. The van der Waals surface area contributed by atoms with Crippen molar-refractivity contribution in [1.29, 1.82) is 0 Å². The second-order valence-electron chi connectivity index (χ2n) is 4.58. The van der Waals surface area contributed by atoms with Crippen molar-refractivity contribution in [3.05, 3.63) is 60.2 Å². The molecule has 2 aromatic rings. The van der Waals surface area contributed by atoms with E-state index in [0.717, 1.165) is 24.0 Å². The molecule has 0 saturated heterocycles. The van der Waals surface area contributed by atoms with Crippen LogP contribution in [0.15, 0.2) is 54.6 Å². The predicted molar refractivity (Wildman–Crippen MR) is 80.4 cm³/mol. The van der Waals surface area contributed by atoms with Crippen LogP contribution < -0.4 is 5.73 Å². The van der Waals surface area contributed by atoms with E-state index >= 15 is 0 Å². The van der Waals surface area contributed by atoms with Gasteiger partial charge in [0.1, 0.15) is 0 Å². The molecule has 0 aliphatic carbocycles. The lowest BCUT2D eigenvalue weighted by Gasteiger charge is -2.06. The van der Waals surface area contributed by atoms with Gasteiger partial charge in [-0.05, 0) is 42.6 Å². The molecule has 0 aromatic heterocycles. The third kappa shape index (κ3) is 3.93. The van der Waals surface area contributed by atoms with Gasteiger partial charge in [-0.15, -0.1) is 0 Å². The summed E-state index contributed by atoms with van der Waals surface area (Å²) in [6.07, 6.45) is 1.69. The van der Waals surface area contributed by atoms with Crippen LogP contribution in [-0.2, 0) is 4.74 Å². The summed E-state index contributed by atoms with van der Waals surface area (Å²) in [5, 5.41) is 0. The molecule has 2 N–H and O–H groups in total. The molecule has 0 amide bonds. The van der Waals surface area contributed by atoms with Crippen molar-refractivity contribution in [2.45, 2.75) is 12.8 Å². The Balaban J connectivity index is 1.96. The first kappa shape index (κ1) is 14.3. The van der Waals surface area contributed by atoms with Crippen LogP contribution in [0, 0.1) is 0 Å². The van der Waals surface area contributed by atoms with Crippen LogP contribution in [0.1, 0.15) is 23.2 Å². The van der Waals surface area contributed by atoms with Gasteiger partial charge in [-0.2, -0.15) is 0 Å². The minimum absolute atomic E-state index is 0.276. The number of carbonyl (C=O) groups is 1. The molecule has 2 rings (SSSR count). The van der Waals surface area contributed by atoms with Gasteiger partial charge >= 0.3 is 5.97 Å². The molecule has 2 aromatic carbocycles. The fourth-order valence-electron chi connectivity index (χ4n) is 1.92. The number of unbranched alkanes of at least 4 members (excludes halogenated alkanes) is 1. The number of esters is 1. The Morgan fingerprint density at radius 2 is 1.55 bits per heavy atom. The monoisotopic (exact) mass is 269 g/mol. The molecule has 0 aliphatic rings. The van der Waals surface area contributed by atoms with E-state index in [-0.39, 0.29) is 5.97 Å². The summed E-state index contributed by atoms with van der Waals surface area (Å²) in [7, 11) is 0. The van der Waals surface area contributed by atoms with E-state index in [1.807, 2.05) is 42.5 Å². The van der Waals surface area contributed by atoms with Crippen molar-refractivity contribution in [2.75, 3.05) is 13.2 Å². The highest BCUT2D eigenvalue weighted by atomic mass is 16.5. The Labute approximate surface area is 119 Å². The van der Waals surface area contributed by atoms with E-state index in [1.165, 1.54) is 0 Å². The van der Waals surface area contributed by atoms with Crippen LogP contribution in [-0.4, -0.2) is 19.1 Å². The zero-order valence-corrected chi connectivity index (χ0v) is 11.4. The molecule has 3 heteroatoms. The molecular formula is C17H19NO2. The molecule has 0 unspecified atom stereocenters. The highest BCUT2D eigenvalue weighted by molar-refractivity contribution is 5.90. The van der Waals surface area contributed by atoms with Crippen LogP contribution in [0.4, 0.5) is 0 Å². The number of rotatable bonds is 6. The largest absolute Gasteiger partial charge is 0.462 e. The molecular weight excluding hydrogens is 250 g/mol. The first-order chi connectivity index (χ1) is 9.81. The lowest BCUT2D eigenvalue weighted by atomic mass is 10.0. The van der Waals surface area contributed by atoms with E-state index in [0.29, 0.717) is 18.7 Å². The summed E-state index contributed by atoms with van der Waals surface area (Å²) >= 11 is 0. The molecule has 20 heavy (non-hydrogen) atoms. The molecule has 0 radical (unpaired) electrons. The van der Waals surface area contributed by atoms with Crippen LogP contribution >= 0.6 is 0 Å². The minimum atomic E-state index is -0.276. The zero-order valence-electron chi connectivity index (χ0n) is 11.4. The average molecular weight is 269 g/mol. The van der Waals surface area contributed by atoms with Gasteiger partial charge in [0, 0.05) is 0 Å². The van der Waals surface area contributed by atoms with E-state index in [9.17, 15) is 4.79 Å². The van der Waals surface area contributed by atoms with Crippen LogP contribution in [0.2, 0.25) is 0 Å². The Morgan fingerprint density at radius 1 is 0.900 bits per heavy atom. The molecule has 0 heterocycles. The van der Waals surface area contributed by atoms with Gasteiger partial charge in [0.25, 0.3) is 0 Å². The first-order valence-electron chi connectivity index (χ1n) is 6.84. The van der Waals surface area contributed by atoms with Crippen LogP contribution in [0.5, 0.6) is 0 Å². The third-order valence-electron chi connectivity index (χ3n) is 3.06. The second kappa shape index (κ2) is 7.46. The molecule has 0 spiro atoms. The second-order valence-corrected chi connectivity index (χ2v) is 4.58. The quantitative estimate of drug-likeness (QED) is 0.647. The summed E-state index contributed by atoms with van der Waals surface area (Å²) in [4.78, 5) is 11.8. The summed E-state index contributed by atoms with van der Waals surface area (Å²) in [5.74, 6) is -0.276. The van der Waals surface area contributed by atoms with E-state index < -0.39 is 0 Å². The van der Waals surface area contributed by atoms with Gasteiger partial charge in [-0.3, -0.25) is 0 Å². The number of hydrogen-bond donors (Lipinski definition) is 1. The fourth-order valence-corrected chi connectivity index (χ4v) is 1.92. The maximum Gasteiger partial charge on any atom is 0.338 e. The van der Waals surface area contributed by atoms with Gasteiger partial charge in [0.2, 0.25) is 0 Å². The molecule has 3 nitrogen and oxygen atoms in total. The number of hydrogen-bond acceptors (Lipinski definition) is 3. The zero-order chi connectivity index (χ0) is 14.2.